The van der Waals surface area contributed by atoms with Crippen LogP contribution in [-0.2, 0) is 9.59 Å². The number of carbonyl (C=O) groups excluding carboxylic acids is 2. The summed E-state index contributed by atoms with van der Waals surface area (Å²) in [6.45, 7) is 0. The van der Waals surface area contributed by atoms with E-state index >= 15 is 0 Å². The summed E-state index contributed by atoms with van der Waals surface area (Å²) in [4.78, 5) is 28.1. The maximum absolute atomic E-state index is 13.1. The molecule has 2 N–H and O–H groups in total. The Kier molecular flexibility index (Phi) is 2.77. The van der Waals surface area contributed by atoms with Gasteiger partial charge < -0.3 is 0 Å². The first-order valence-electron chi connectivity index (χ1n) is 6.08. The van der Waals surface area contributed by atoms with Crippen molar-refractivity contribution < 1.29 is 14.0 Å². The normalized spacial score (nSPS) is 22.8. The molecule has 3 rings (SSSR count). The fourth-order valence-electron chi connectivity index (χ4n) is 1.97. The zero-order valence-electron chi connectivity index (χ0n) is 10.0. The van der Waals surface area contributed by atoms with Crippen molar-refractivity contribution in [1.82, 2.24) is 10.6 Å². The number of rotatable bonds is 2. The third-order valence-electron chi connectivity index (χ3n) is 3.05. The van der Waals surface area contributed by atoms with Gasteiger partial charge in [-0.15, -0.1) is 0 Å². The minimum absolute atomic E-state index is 0.196. The van der Waals surface area contributed by atoms with Crippen molar-refractivity contribution in [2.75, 3.05) is 0 Å². The molecule has 6 heteroatoms. The van der Waals surface area contributed by atoms with E-state index in [4.69, 9.17) is 0 Å². The summed E-state index contributed by atoms with van der Waals surface area (Å²) < 4.78 is 13.1. The van der Waals surface area contributed by atoms with E-state index < -0.39 is 23.5 Å². The van der Waals surface area contributed by atoms with Gasteiger partial charge in [0.05, 0.1) is 6.04 Å². The summed E-state index contributed by atoms with van der Waals surface area (Å²) in [5.74, 6) is -2.27. The Morgan fingerprint density at radius 1 is 1.16 bits per heavy atom. The molecule has 2 aliphatic rings. The average molecular weight is 261 g/mol. The lowest BCUT2D eigenvalue weighted by atomic mass is 9.96. The van der Waals surface area contributed by atoms with E-state index in [1.807, 2.05) is 0 Å². The van der Waals surface area contributed by atoms with Gasteiger partial charge in [0.15, 0.2) is 0 Å². The number of amides is 2. The van der Waals surface area contributed by atoms with Crippen LogP contribution in [0.15, 0.2) is 29.3 Å². The minimum atomic E-state index is -1.03. The summed E-state index contributed by atoms with van der Waals surface area (Å²) in [6.07, 6.45) is 1.95. The fourth-order valence-corrected chi connectivity index (χ4v) is 1.97. The van der Waals surface area contributed by atoms with E-state index in [1.165, 1.54) is 18.2 Å². The Labute approximate surface area is 108 Å². The van der Waals surface area contributed by atoms with Crippen LogP contribution in [-0.4, -0.2) is 23.8 Å². The molecule has 1 saturated heterocycles. The predicted molar refractivity (Wildman–Crippen MR) is 65.9 cm³/mol. The average Bonchev–Trinajstić information content (AvgIpc) is 3.12. The van der Waals surface area contributed by atoms with Crippen LogP contribution in [0.1, 0.15) is 24.3 Å². The highest BCUT2D eigenvalue weighted by atomic mass is 19.1. The van der Waals surface area contributed by atoms with Crippen molar-refractivity contribution in [3.63, 3.8) is 0 Å². The van der Waals surface area contributed by atoms with E-state index in [2.05, 4.69) is 15.6 Å². The van der Waals surface area contributed by atoms with Crippen LogP contribution in [0.4, 0.5) is 4.39 Å². The second kappa shape index (κ2) is 4.46. The van der Waals surface area contributed by atoms with Gasteiger partial charge >= 0.3 is 0 Å². The standard InChI is InChI=1S/C13H12FN3O2/c14-8-3-1-2-7(6-8)10-11(18)16-13(17-12(10)19)15-9-4-5-9/h1-3,6,9-10H,4-5H2,(H2,15,16,17,18,19). The molecule has 1 saturated carbocycles. The van der Waals surface area contributed by atoms with Crippen LogP contribution in [0.2, 0.25) is 0 Å². The topological polar surface area (TPSA) is 70.6 Å². The smallest absolute Gasteiger partial charge is 0.243 e. The third-order valence-corrected chi connectivity index (χ3v) is 3.05. The van der Waals surface area contributed by atoms with Crippen LogP contribution < -0.4 is 10.6 Å². The predicted octanol–water partition coefficient (Wildman–Crippen LogP) is 0.674. The van der Waals surface area contributed by atoms with Gasteiger partial charge in [-0.2, -0.15) is 0 Å². The Hall–Kier alpha value is -2.24. The van der Waals surface area contributed by atoms with Crippen LogP contribution in [0, 0.1) is 5.82 Å². The van der Waals surface area contributed by atoms with Gasteiger partial charge in [0.25, 0.3) is 0 Å². The molecule has 1 heterocycles. The Balaban J connectivity index is 1.84. The number of aliphatic imine (C=N–C) groups is 1. The van der Waals surface area contributed by atoms with Crippen molar-refractivity contribution in [3.05, 3.63) is 35.6 Å². The maximum atomic E-state index is 13.1. The lowest BCUT2D eigenvalue weighted by Gasteiger charge is -2.23. The molecule has 0 aromatic heterocycles. The first-order valence-corrected chi connectivity index (χ1v) is 6.08. The first kappa shape index (κ1) is 11.8. The zero-order valence-corrected chi connectivity index (χ0v) is 10.0. The summed E-state index contributed by atoms with van der Waals surface area (Å²) in [5, 5.41) is 5.09. The monoisotopic (exact) mass is 261 g/mol. The molecule has 1 aliphatic heterocycles. The van der Waals surface area contributed by atoms with Gasteiger partial charge in [0, 0.05) is 0 Å². The molecule has 0 atom stereocenters. The molecule has 2 fully saturated rings. The minimum Gasteiger partial charge on any atom is -0.295 e. The highest BCUT2D eigenvalue weighted by Gasteiger charge is 2.35. The van der Waals surface area contributed by atoms with Gasteiger partial charge in [-0.25, -0.2) is 9.38 Å². The van der Waals surface area contributed by atoms with E-state index in [9.17, 15) is 14.0 Å². The summed E-state index contributed by atoms with van der Waals surface area (Å²) >= 11 is 0. The second-order valence-electron chi connectivity index (χ2n) is 4.68. The van der Waals surface area contributed by atoms with Crippen molar-refractivity contribution >= 4 is 17.8 Å². The van der Waals surface area contributed by atoms with E-state index in [-0.39, 0.29) is 12.0 Å². The number of carbonyl (C=O) groups is 2. The number of benzene rings is 1. The van der Waals surface area contributed by atoms with Gasteiger partial charge in [0.1, 0.15) is 11.7 Å². The molecule has 5 nitrogen and oxygen atoms in total. The number of hydrogen-bond acceptors (Lipinski definition) is 3. The fraction of sp³-hybridized carbons (Fsp3) is 0.308. The van der Waals surface area contributed by atoms with Crippen molar-refractivity contribution in [2.45, 2.75) is 24.8 Å². The van der Waals surface area contributed by atoms with Gasteiger partial charge in [0.2, 0.25) is 17.8 Å². The van der Waals surface area contributed by atoms with E-state index in [1.54, 1.807) is 6.07 Å². The van der Waals surface area contributed by atoms with Crippen molar-refractivity contribution in [3.8, 4) is 0 Å². The van der Waals surface area contributed by atoms with Crippen LogP contribution in [0.25, 0.3) is 0 Å². The molecule has 1 aromatic rings. The highest BCUT2D eigenvalue weighted by molar-refractivity contribution is 6.20. The van der Waals surface area contributed by atoms with Crippen LogP contribution in [0.3, 0.4) is 0 Å². The van der Waals surface area contributed by atoms with Crippen molar-refractivity contribution in [2.24, 2.45) is 4.99 Å². The molecule has 0 unspecified atom stereocenters. The first-order chi connectivity index (χ1) is 9.13. The molecule has 2 amide bonds. The quantitative estimate of drug-likeness (QED) is 0.768. The van der Waals surface area contributed by atoms with Gasteiger partial charge in [-0.1, -0.05) is 12.1 Å². The van der Waals surface area contributed by atoms with Crippen LogP contribution >= 0.6 is 0 Å². The number of halogens is 1. The molecule has 1 aliphatic carbocycles. The third kappa shape index (κ3) is 2.47. The van der Waals surface area contributed by atoms with E-state index in [0.29, 0.717) is 5.56 Å². The van der Waals surface area contributed by atoms with Crippen molar-refractivity contribution in [1.29, 1.82) is 0 Å². The summed E-state index contributed by atoms with van der Waals surface area (Å²) in [7, 11) is 0. The number of nitrogens with one attached hydrogen (secondary N) is 2. The maximum Gasteiger partial charge on any atom is 0.243 e. The zero-order chi connectivity index (χ0) is 13.4. The number of hydrogen-bond donors (Lipinski definition) is 2. The molecule has 19 heavy (non-hydrogen) atoms. The second-order valence-corrected chi connectivity index (χ2v) is 4.68. The Morgan fingerprint density at radius 2 is 1.84 bits per heavy atom. The Bertz CT molecular complexity index is 561. The van der Waals surface area contributed by atoms with E-state index in [0.717, 1.165) is 12.8 Å². The molecular formula is C13H12FN3O2. The lowest BCUT2D eigenvalue weighted by molar-refractivity contribution is -0.131. The lowest BCUT2D eigenvalue weighted by Crippen LogP contribution is -2.55. The molecule has 1 aromatic carbocycles. The SMILES string of the molecule is O=C1NC(=NC2CC2)NC(=O)C1c1cccc(F)c1. The molecular weight excluding hydrogens is 249 g/mol. The van der Waals surface area contributed by atoms with Gasteiger partial charge in [-0.05, 0) is 30.5 Å². The molecule has 0 bridgehead atoms. The summed E-state index contributed by atoms with van der Waals surface area (Å²) in [5.41, 5.74) is 0.334. The van der Waals surface area contributed by atoms with Gasteiger partial charge in [-0.3, -0.25) is 20.2 Å². The molecule has 98 valence electrons. The number of guanidine groups is 1. The molecule has 0 radical (unpaired) electrons. The van der Waals surface area contributed by atoms with Crippen LogP contribution in [0.5, 0.6) is 0 Å². The molecule has 0 spiro atoms. The Morgan fingerprint density at radius 3 is 2.42 bits per heavy atom. The largest absolute Gasteiger partial charge is 0.295 e. The highest BCUT2D eigenvalue weighted by Crippen LogP contribution is 2.24. The summed E-state index contributed by atoms with van der Waals surface area (Å²) in [6, 6.07) is 5.67. The number of nitrogens with zero attached hydrogens (tertiary/aromatic N) is 1.